The molecule has 0 bridgehead atoms. The summed E-state index contributed by atoms with van der Waals surface area (Å²) in [6.07, 6.45) is 2.80. The first-order chi connectivity index (χ1) is 12.6. The van der Waals surface area contributed by atoms with Crippen LogP contribution in [-0.2, 0) is 11.3 Å². The number of para-hydroxylation sites is 1. The van der Waals surface area contributed by atoms with Gasteiger partial charge in [-0.25, -0.2) is 0 Å². The number of nitrogens with zero attached hydrogens (tertiary/aromatic N) is 2. The first kappa shape index (κ1) is 20.9. The molecule has 1 aromatic heterocycles. The average Bonchev–Trinajstić information content (AvgIpc) is 3.02. The molecule has 2 rings (SSSR count). The molecule has 0 spiro atoms. The molecule has 0 aliphatic carbocycles. The van der Waals surface area contributed by atoms with Crippen molar-refractivity contribution in [3.63, 3.8) is 0 Å². The van der Waals surface area contributed by atoms with Gasteiger partial charge in [0.15, 0.2) is 0 Å². The van der Waals surface area contributed by atoms with E-state index >= 15 is 0 Å². The Morgan fingerprint density at radius 1 is 1.12 bits per heavy atom. The maximum absolute atomic E-state index is 10.5. The highest BCUT2D eigenvalue weighted by Gasteiger charge is 2.16. The predicted molar refractivity (Wildman–Crippen MR) is 103 cm³/mol. The monoisotopic (exact) mass is 364 g/mol. The molecule has 0 saturated carbocycles. The zero-order valence-corrected chi connectivity index (χ0v) is 15.6. The molecule has 0 unspecified atom stereocenters. The minimum Gasteiger partial charge on any atom is -0.395 e. The molecule has 26 heavy (non-hydrogen) atoms. The quantitative estimate of drug-likeness (QED) is 0.469. The van der Waals surface area contributed by atoms with Gasteiger partial charge in [0.25, 0.3) is 0 Å². The molecule has 0 aliphatic heterocycles. The van der Waals surface area contributed by atoms with Gasteiger partial charge in [0.1, 0.15) is 0 Å². The van der Waals surface area contributed by atoms with Crippen LogP contribution in [0, 0.1) is 0 Å². The highest BCUT2D eigenvalue weighted by atomic mass is 16.5. The Morgan fingerprint density at radius 2 is 1.88 bits per heavy atom. The molecular weight excluding hydrogens is 332 g/mol. The Bertz CT molecular complexity index is 631. The van der Waals surface area contributed by atoms with Crippen molar-refractivity contribution in [3.05, 3.63) is 36.5 Å². The summed E-state index contributed by atoms with van der Waals surface area (Å²) in [7, 11) is 0. The summed E-state index contributed by atoms with van der Waals surface area (Å²) >= 11 is 0. The fourth-order valence-corrected chi connectivity index (χ4v) is 3.10. The highest BCUT2D eigenvalue weighted by molar-refractivity contribution is 5.79. The Kier molecular flexibility index (Phi) is 9.08. The fraction of sp³-hybridized carbons (Fsp3) is 0.600. The maximum atomic E-state index is 10.5. The Hall–Kier alpha value is -1.44. The lowest BCUT2D eigenvalue weighted by Gasteiger charge is -2.27. The lowest BCUT2D eigenvalue weighted by molar-refractivity contribution is 0.00248. The van der Waals surface area contributed by atoms with Crippen molar-refractivity contribution in [1.29, 1.82) is 0 Å². The molecule has 1 heterocycles. The molecule has 2 atom stereocenters. The van der Waals surface area contributed by atoms with Crippen molar-refractivity contribution in [2.45, 2.75) is 38.5 Å². The normalized spacial score (nSPS) is 14.2. The van der Waals surface area contributed by atoms with Crippen molar-refractivity contribution in [3.8, 4) is 0 Å². The van der Waals surface area contributed by atoms with Gasteiger partial charge in [-0.15, -0.1) is 0 Å². The molecule has 3 N–H and O–H groups in total. The van der Waals surface area contributed by atoms with Crippen LogP contribution in [0.4, 0.5) is 0 Å². The summed E-state index contributed by atoms with van der Waals surface area (Å²) < 4.78 is 7.48. The minimum absolute atomic E-state index is 0.0113. The lowest BCUT2D eigenvalue weighted by Crippen LogP contribution is -2.42. The molecule has 6 nitrogen and oxygen atoms in total. The van der Waals surface area contributed by atoms with E-state index in [9.17, 15) is 15.3 Å². The van der Waals surface area contributed by atoms with Crippen LogP contribution < -0.4 is 0 Å². The van der Waals surface area contributed by atoms with Gasteiger partial charge < -0.3 is 24.6 Å². The summed E-state index contributed by atoms with van der Waals surface area (Å²) in [6, 6.07) is 10.1. The molecule has 0 saturated heterocycles. The standard InChI is InChI=1S/C20H32N2O4/c1-2-3-12-26-16-19(25)14-21(10-11-23)13-18(24)15-22-9-8-17-6-4-5-7-20(17)22/h4-9,18-19,23-25H,2-3,10-16H2,1H3/t18-,19-/m0/s1. The molecule has 2 aromatic rings. The number of unbranched alkanes of at least 4 members (excludes halogenated alkanes) is 1. The predicted octanol–water partition coefficient (Wildman–Crippen LogP) is 1.47. The van der Waals surface area contributed by atoms with Gasteiger partial charge in [-0.1, -0.05) is 31.5 Å². The maximum Gasteiger partial charge on any atom is 0.0900 e. The van der Waals surface area contributed by atoms with Gasteiger partial charge >= 0.3 is 0 Å². The summed E-state index contributed by atoms with van der Waals surface area (Å²) in [5.41, 5.74) is 1.09. The SMILES string of the molecule is CCCCOC[C@@H](O)CN(CCO)C[C@H](O)Cn1ccc2ccccc21. The van der Waals surface area contributed by atoms with E-state index in [0.29, 0.717) is 32.8 Å². The summed E-state index contributed by atoms with van der Waals surface area (Å²) in [5, 5.41) is 31.0. The van der Waals surface area contributed by atoms with Crippen molar-refractivity contribution >= 4 is 10.9 Å². The van der Waals surface area contributed by atoms with Gasteiger partial charge in [0.05, 0.1) is 25.4 Å². The summed E-state index contributed by atoms with van der Waals surface area (Å²) in [5.74, 6) is 0. The van der Waals surface area contributed by atoms with Crippen LogP contribution in [0.25, 0.3) is 10.9 Å². The van der Waals surface area contributed by atoms with E-state index in [-0.39, 0.29) is 13.2 Å². The zero-order valence-electron chi connectivity index (χ0n) is 15.6. The van der Waals surface area contributed by atoms with Crippen LogP contribution in [0.3, 0.4) is 0 Å². The molecule has 146 valence electrons. The van der Waals surface area contributed by atoms with Gasteiger partial charge in [-0.2, -0.15) is 0 Å². The van der Waals surface area contributed by atoms with Crippen LogP contribution in [0.2, 0.25) is 0 Å². The number of aliphatic hydroxyl groups is 3. The van der Waals surface area contributed by atoms with Crippen LogP contribution >= 0.6 is 0 Å². The first-order valence-electron chi connectivity index (χ1n) is 9.45. The van der Waals surface area contributed by atoms with E-state index in [2.05, 4.69) is 6.92 Å². The van der Waals surface area contributed by atoms with Crippen molar-refractivity contribution < 1.29 is 20.1 Å². The summed E-state index contributed by atoms with van der Waals surface area (Å²) in [6.45, 7) is 4.65. The third kappa shape index (κ3) is 6.70. The molecule has 1 aromatic carbocycles. The van der Waals surface area contributed by atoms with E-state index in [1.807, 2.05) is 46.0 Å². The molecule has 0 fully saturated rings. The van der Waals surface area contributed by atoms with E-state index < -0.39 is 12.2 Å². The molecule has 6 heteroatoms. The van der Waals surface area contributed by atoms with Gasteiger partial charge in [-0.05, 0) is 23.9 Å². The highest BCUT2D eigenvalue weighted by Crippen LogP contribution is 2.15. The van der Waals surface area contributed by atoms with Gasteiger partial charge in [0.2, 0.25) is 0 Å². The minimum atomic E-state index is -0.627. The molecule has 0 aliphatic rings. The average molecular weight is 364 g/mol. The second kappa shape index (κ2) is 11.3. The molecule has 0 radical (unpaired) electrons. The topological polar surface area (TPSA) is 78.1 Å². The third-order valence-corrected chi connectivity index (χ3v) is 4.39. The largest absolute Gasteiger partial charge is 0.395 e. The Balaban J connectivity index is 1.83. The van der Waals surface area contributed by atoms with E-state index in [4.69, 9.17) is 4.74 Å². The number of fused-ring (bicyclic) bond motifs is 1. The van der Waals surface area contributed by atoms with Gasteiger partial charge in [-0.3, -0.25) is 4.90 Å². The Labute approximate surface area is 155 Å². The van der Waals surface area contributed by atoms with Crippen LogP contribution in [0.15, 0.2) is 36.5 Å². The lowest BCUT2D eigenvalue weighted by atomic mass is 10.2. The smallest absolute Gasteiger partial charge is 0.0900 e. The van der Waals surface area contributed by atoms with Gasteiger partial charge in [0, 0.05) is 44.5 Å². The number of rotatable bonds is 13. The van der Waals surface area contributed by atoms with Crippen LogP contribution in [0.5, 0.6) is 0 Å². The molecule has 0 amide bonds. The van der Waals surface area contributed by atoms with Crippen molar-refractivity contribution in [1.82, 2.24) is 9.47 Å². The van der Waals surface area contributed by atoms with E-state index in [0.717, 1.165) is 23.7 Å². The van der Waals surface area contributed by atoms with Crippen LogP contribution in [-0.4, -0.2) is 76.4 Å². The van der Waals surface area contributed by atoms with Crippen molar-refractivity contribution in [2.24, 2.45) is 0 Å². The van der Waals surface area contributed by atoms with E-state index in [1.54, 1.807) is 0 Å². The number of aliphatic hydroxyl groups excluding tert-OH is 3. The number of aromatic nitrogens is 1. The third-order valence-electron chi connectivity index (χ3n) is 4.39. The van der Waals surface area contributed by atoms with Crippen LogP contribution in [0.1, 0.15) is 19.8 Å². The molecular formula is C20H32N2O4. The van der Waals surface area contributed by atoms with E-state index in [1.165, 1.54) is 0 Å². The number of hydrogen-bond acceptors (Lipinski definition) is 5. The first-order valence-corrected chi connectivity index (χ1v) is 9.45. The Morgan fingerprint density at radius 3 is 2.65 bits per heavy atom. The summed E-state index contributed by atoms with van der Waals surface area (Å²) in [4.78, 5) is 1.88. The second-order valence-corrected chi connectivity index (χ2v) is 6.75. The second-order valence-electron chi connectivity index (χ2n) is 6.75. The number of ether oxygens (including phenoxy) is 1. The van der Waals surface area contributed by atoms with Crippen molar-refractivity contribution in [2.75, 3.05) is 39.5 Å². The zero-order chi connectivity index (χ0) is 18.8. The number of hydrogen-bond donors (Lipinski definition) is 3. The number of benzene rings is 1. The fourth-order valence-electron chi connectivity index (χ4n) is 3.10.